The molecular formula is C16H32Cl2CuN6O8. The summed E-state index contributed by atoms with van der Waals surface area (Å²) in [5.41, 5.74) is 0. The number of hydrogen-bond donors (Lipinski definition) is 2. The van der Waals surface area contributed by atoms with Crippen LogP contribution in [0.2, 0.25) is 0 Å². The molecule has 199 valence electrons. The van der Waals surface area contributed by atoms with Crippen LogP contribution >= 0.6 is 0 Å². The third kappa shape index (κ3) is 36.3. The fraction of sp³-hybridized carbons (Fsp3) is 0.875. The van der Waals surface area contributed by atoms with Gasteiger partial charge in [-0.3, -0.25) is 9.80 Å². The van der Waals surface area contributed by atoms with E-state index in [-0.39, 0.29) is 17.1 Å². The molecule has 0 saturated carbocycles. The molecule has 0 unspecified atom stereocenters. The zero-order valence-electron chi connectivity index (χ0n) is 18.6. The third-order valence-corrected chi connectivity index (χ3v) is 4.21. The van der Waals surface area contributed by atoms with Crippen molar-refractivity contribution in [2.45, 2.75) is 12.8 Å². The summed E-state index contributed by atoms with van der Waals surface area (Å²) < 4.78 is 65.4. The van der Waals surface area contributed by atoms with E-state index < -0.39 is 20.5 Å². The SMILES string of the molecule is CN1CCCN(CC#N)CCN(C)CCCN(CC#N)CC1.[Cu].[O-][Cl+3]([O-])([O-])O.[O-][Cl+3]([O-])([O-])O. The summed E-state index contributed by atoms with van der Waals surface area (Å²) in [4.78, 5) is 9.15. The van der Waals surface area contributed by atoms with Crippen LogP contribution in [0.5, 0.6) is 0 Å². The van der Waals surface area contributed by atoms with Crippen LogP contribution in [-0.2, 0) is 17.1 Å². The largest absolute Gasteiger partial charge is 0.305 e. The summed E-state index contributed by atoms with van der Waals surface area (Å²) in [5, 5.41) is 17.9. The molecule has 0 aromatic rings. The van der Waals surface area contributed by atoms with Crippen LogP contribution in [0.3, 0.4) is 0 Å². The molecule has 17 heteroatoms. The summed E-state index contributed by atoms with van der Waals surface area (Å²) >= 11 is 0. The Morgan fingerprint density at radius 1 is 0.636 bits per heavy atom. The van der Waals surface area contributed by atoms with Gasteiger partial charge in [-0.05, 0) is 40.0 Å². The number of halogens is 2. The number of likely N-dealkylation sites (N-methyl/N-ethyl adjacent to an activating group) is 2. The van der Waals surface area contributed by atoms with E-state index in [1.54, 1.807) is 0 Å². The fourth-order valence-electron chi connectivity index (χ4n) is 2.72. The van der Waals surface area contributed by atoms with Crippen molar-refractivity contribution >= 4 is 0 Å². The van der Waals surface area contributed by atoms with Crippen LogP contribution < -0.4 is 28.0 Å². The molecule has 33 heavy (non-hydrogen) atoms. The maximum atomic E-state index is 8.94. The molecule has 1 saturated heterocycles. The molecule has 0 aromatic heterocycles. The van der Waals surface area contributed by atoms with Crippen molar-refractivity contribution in [3.63, 3.8) is 0 Å². The second kappa shape index (κ2) is 20.9. The molecule has 0 aromatic carbocycles. The van der Waals surface area contributed by atoms with E-state index in [0.29, 0.717) is 13.1 Å². The summed E-state index contributed by atoms with van der Waals surface area (Å²) in [5.74, 6) is 0. The number of hydrogen-bond acceptors (Lipinski definition) is 14. The van der Waals surface area contributed by atoms with Crippen molar-refractivity contribution in [2.24, 2.45) is 0 Å². The molecule has 14 nitrogen and oxygen atoms in total. The summed E-state index contributed by atoms with van der Waals surface area (Å²) in [6.07, 6.45) is 2.17. The minimum Gasteiger partial charge on any atom is -0.305 e. The van der Waals surface area contributed by atoms with E-state index in [1.807, 2.05) is 0 Å². The van der Waals surface area contributed by atoms with Gasteiger partial charge in [0, 0.05) is 56.3 Å². The van der Waals surface area contributed by atoms with Gasteiger partial charge in [-0.1, -0.05) is 0 Å². The van der Waals surface area contributed by atoms with Crippen LogP contribution in [0, 0.1) is 43.1 Å². The first-order valence-corrected chi connectivity index (χ1v) is 12.0. The van der Waals surface area contributed by atoms with E-state index >= 15 is 0 Å². The Labute approximate surface area is 209 Å². The normalized spacial score (nSPS) is 18.7. The van der Waals surface area contributed by atoms with Gasteiger partial charge >= 0.3 is 0 Å². The smallest absolute Gasteiger partial charge is 0.0866 e. The third-order valence-electron chi connectivity index (χ3n) is 4.21. The first kappa shape index (κ1) is 37.2. The molecule has 1 radical (unpaired) electrons. The van der Waals surface area contributed by atoms with Crippen molar-refractivity contribution in [2.75, 3.05) is 79.5 Å². The molecule has 1 aliphatic rings. The Morgan fingerprint density at radius 3 is 1.15 bits per heavy atom. The Bertz CT molecular complexity index is 499. The number of rotatable bonds is 2. The molecule has 1 fully saturated rings. The number of nitriles is 2. The minimum atomic E-state index is -4.69. The van der Waals surface area contributed by atoms with Crippen LogP contribution in [0.4, 0.5) is 0 Å². The Morgan fingerprint density at radius 2 is 0.909 bits per heavy atom. The van der Waals surface area contributed by atoms with Crippen LogP contribution in [0.15, 0.2) is 0 Å². The molecule has 0 atom stereocenters. The predicted octanol–water partition coefficient (Wildman–Crippen LogP) is -7.96. The van der Waals surface area contributed by atoms with Gasteiger partial charge in [-0.15, -0.1) is 0 Å². The van der Waals surface area contributed by atoms with Gasteiger partial charge in [0.25, 0.3) is 0 Å². The number of nitrogens with zero attached hydrogens (tertiary/aromatic N) is 6. The van der Waals surface area contributed by atoms with E-state index in [0.717, 1.165) is 65.2 Å². The first-order valence-electron chi connectivity index (χ1n) is 9.47. The molecular weight excluding hydrogens is 539 g/mol. The van der Waals surface area contributed by atoms with Crippen molar-refractivity contribution in [1.29, 1.82) is 10.5 Å². The Balaban J connectivity index is -0.000000686. The van der Waals surface area contributed by atoms with Crippen LogP contribution in [0.25, 0.3) is 0 Å². The topological polar surface area (TPSA) is 239 Å². The Hall–Kier alpha value is -0.401. The van der Waals surface area contributed by atoms with E-state index in [4.69, 9.17) is 47.8 Å². The summed E-state index contributed by atoms with van der Waals surface area (Å²) in [6.45, 7) is 8.98. The van der Waals surface area contributed by atoms with Crippen LogP contribution in [-0.4, -0.2) is 108 Å². The molecule has 0 amide bonds. The van der Waals surface area contributed by atoms with Crippen molar-refractivity contribution in [1.82, 2.24) is 19.6 Å². The zero-order valence-corrected chi connectivity index (χ0v) is 21.0. The molecule has 1 heterocycles. The van der Waals surface area contributed by atoms with Gasteiger partial charge in [0.1, 0.15) is 0 Å². The van der Waals surface area contributed by atoms with Crippen LogP contribution in [0.1, 0.15) is 12.8 Å². The molecule has 0 bridgehead atoms. The van der Waals surface area contributed by atoms with Crippen molar-refractivity contribution < 1.29 is 74.8 Å². The fourth-order valence-corrected chi connectivity index (χ4v) is 2.72. The molecule has 0 aliphatic carbocycles. The molecule has 1 rings (SSSR count). The van der Waals surface area contributed by atoms with Gasteiger partial charge in [0.15, 0.2) is 0 Å². The monoisotopic (exact) mass is 569 g/mol. The van der Waals surface area contributed by atoms with Gasteiger partial charge in [0.2, 0.25) is 0 Å². The van der Waals surface area contributed by atoms with E-state index in [9.17, 15) is 0 Å². The Kier molecular flexibility index (Phi) is 23.6. The van der Waals surface area contributed by atoms with Crippen molar-refractivity contribution in [3.05, 3.63) is 0 Å². The second-order valence-corrected chi connectivity index (χ2v) is 8.56. The minimum absolute atomic E-state index is 0. The van der Waals surface area contributed by atoms with E-state index in [2.05, 4.69) is 45.8 Å². The average Bonchev–Trinajstić information content (AvgIpc) is 2.61. The maximum Gasteiger partial charge on any atom is 0.0866 e. The molecule has 2 N–H and O–H groups in total. The maximum absolute atomic E-state index is 8.94. The molecule has 1 aliphatic heterocycles. The quantitative estimate of drug-likeness (QED) is 0.231. The van der Waals surface area contributed by atoms with Crippen molar-refractivity contribution in [3.8, 4) is 12.1 Å². The molecule has 0 spiro atoms. The van der Waals surface area contributed by atoms with Gasteiger partial charge < -0.3 is 9.80 Å². The zero-order chi connectivity index (χ0) is 25.2. The van der Waals surface area contributed by atoms with Gasteiger partial charge in [-0.25, -0.2) is 0 Å². The standard InChI is InChI=1S/C16H30N6.2ClHO4.Cu/c1-19-7-3-9-22(12-6-18)16-14-20(2)8-4-10-21(11-5-17)15-13-19;2*2-1(3,4)5;/h3-4,7-16H2,1-2H3;2*(H,2,3,4,5);. The average molecular weight is 571 g/mol. The van der Waals surface area contributed by atoms with E-state index in [1.165, 1.54) is 0 Å². The van der Waals surface area contributed by atoms with Gasteiger partial charge in [0.05, 0.1) is 55.0 Å². The summed E-state index contributed by atoms with van der Waals surface area (Å²) in [6, 6.07) is 4.55. The summed E-state index contributed by atoms with van der Waals surface area (Å²) in [7, 11) is -5.11. The predicted molar refractivity (Wildman–Crippen MR) is 92.8 cm³/mol. The van der Waals surface area contributed by atoms with Gasteiger partial charge in [-0.2, -0.15) is 38.5 Å². The first-order chi connectivity index (χ1) is 14.7. The second-order valence-electron chi connectivity index (χ2n) is 6.97.